The first kappa shape index (κ1) is 11.9. The average molecular weight is 381 g/mol. The first-order valence-electron chi connectivity index (χ1n) is 5.78. The molecule has 1 aliphatic rings. The second-order valence-electron chi connectivity index (χ2n) is 4.10. The van der Waals surface area contributed by atoms with E-state index >= 15 is 0 Å². The molecule has 0 atom stereocenters. The summed E-state index contributed by atoms with van der Waals surface area (Å²) in [7, 11) is 0. The Morgan fingerprint density at radius 1 is 0.933 bits per heavy atom. The van der Waals surface area contributed by atoms with E-state index in [1.54, 1.807) is 9.13 Å². The van der Waals surface area contributed by atoms with E-state index in [2.05, 4.69) is 37.0 Å². The number of benzene rings is 1. The van der Waals surface area contributed by atoms with Crippen LogP contribution >= 0.6 is 30.3 Å². The molecule has 0 aliphatic carbocycles. The van der Waals surface area contributed by atoms with Gasteiger partial charge in [0.25, 0.3) is 0 Å². The number of aryl methyl sites for hydroxylation is 1. The summed E-state index contributed by atoms with van der Waals surface area (Å²) in [4.78, 5) is 0. The normalized spacial score (nSPS) is 20.7. The molecule has 1 heterocycles. The van der Waals surface area contributed by atoms with Gasteiger partial charge < -0.3 is 0 Å². The number of rotatable bonds is 0. The summed E-state index contributed by atoms with van der Waals surface area (Å²) in [5.74, 6) is 0. The Labute approximate surface area is 106 Å². The second kappa shape index (κ2) is 6.24. The molecule has 0 aromatic heterocycles. The van der Waals surface area contributed by atoms with Gasteiger partial charge in [-0.1, -0.05) is 0 Å². The van der Waals surface area contributed by atoms with Crippen LogP contribution in [0.1, 0.15) is 37.7 Å². The van der Waals surface area contributed by atoms with Gasteiger partial charge in [0.2, 0.25) is 0 Å². The molecule has 0 bridgehead atoms. The molecule has 1 aromatic carbocycles. The van der Waals surface area contributed by atoms with Crippen molar-refractivity contribution >= 4 is 30.3 Å². The van der Waals surface area contributed by atoms with Crippen LogP contribution in [0.2, 0.25) is 0 Å². The molecule has 2 heteroatoms. The van der Waals surface area contributed by atoms with E-state index in [1.807, 2.05) is 0 Å². The molecule has 0 unspecified atom stereocenters. The fourth-order valence-corrected chi connectivity index (χ4v) is 9.03. The summed E-state index contributed by atoms with van der Waals surface area (Å²) in [6, 6.07) is 9.09. The van der Waals surface area contributed by atoms with Gasteiger partial charge in [-0.05, 0) is 0 Å². The molecular weight excluding hydrogens is 363 g/mol. The van der Waals surface area contributed by atoms with Crippen LogP contribution in [0.5, 0.6) is 0 Å². The number of fused-ring (bicyclic) bond motifs is 1. The Morgan fingerprint density at radius 2 is 1.67 bits per heavy atom. The van der Waals surface area contributed by atoms with Crippen LogP contribution in [-0.4, -0.2) is 4.43 Å². The predicted octanol–water partition coefficient (Wildman–Crippen LogP) is 5.18. The van der Waals surface area contributed by atoms with Crippen LogP contribution in [0.3, 0.4) is 0 Å². The molecular formula is C13H18BrI. The zero-order chi connectivity index (χ0) is 10.5. The van der Waals surface area contributed by atoms with Crippen LogP contribution in [0.4, 0.5) is 0 Å². The minimum absolute atomic E-state index is 0.979. The molecule has 0 N–H and O–H groups in total. The first-order chi connectivity index (χ1) is 7.38. The maximum absolute atomic E-state index is 3.99. The van der Waals surface area contributed by atoms with Gasteiger partial charge in [-0.15, -0.1) is 0 Å². The molecule has 0 fully saturated rings. The van der Waals surface area contributed by atoms with Crippen LogP contribution in [0.25, 0.3) is 0 Å². The van der Waals surface area contributed by atoms with E-state index < -0.39 is 17.6 Å². The Morgan fingerprint density at radius 3 is 2.60 bits per heavy atom. The minimum atomic E-state index is -0.979. The SMILES string of the molecule is BrI1CCCCCCCc2ccccc21. The molecule has 0 amide bonds. The monoisotopic (exact) mass is 380 g/mol. The molecule has 0 radical (unpaired) electrons. The van der Waals surface area contributed by atoms with E-state index in [-0.39, 0.29) is 0 Å². The summed E-state index contributed by atoms with van der Waals surface area (Å²) in [6.45, 7) is 0. The Bertz CT molecular complexity index is 311. The molecule has 0 spiro atoms. The van der Waals surface area contributed by atoms with Crippen molar-refractivity contribution in [2.24, 2.45) is 0 Å². The van der Waals surface area contributed by atoms with Crippen LogP contribution in [-0.2, 0) is 6.42 Å². The van der Waals surface area contributed by atoms with E-state index in [0.29, 0.717) is 0 Å². The van der Waals surface area contributed by atoms with Crippen molar-refractivity contribution in [3.05, 3.63) is 33.4 Å². The average Bonchev–Trinajstić information content (AvgIpc) is 2.28. The van der Waals surface area contributed by atoms with Crippen LogP contribution in [0, 0.1) is 3.57 Å². The summed E-state index contributed by atoms with van der Waals surface area (Å²) in [5, 5.41) is 0. The fraction of sp³-hybridized carbons (Fsp3) is 0.538. The van der Waals surface area contributed by atoms with Gasteiger partial charge >= 0.3 is 107 Å². The van der Waals surface area contributed by atoms with Crippen molar-refractivity contribution < 1.29 is 0 Å². The predicted molar refractivity (Wildman–Crippen MR) is 79.7 cm³/mol. The number of alkyl halides is 1. The van der Waals surface area contributed by atoms with Gasteiger partial charge in [0.15, 0.2) is 0 Å². The maximum atomic E-state index is 3.99. The molecule has 2 rings (SSSR count). The number of halogens is 2. The van der Waals surface area contributed by atoms with E-state index in [0.717, 1.165) is 0 Å². The van der Waals surface area contributed by atoms with Gasteiger partial charge in [0, 0.05) is 0 Å². The standard InChI is InChI=1S/C13H18BrI/c14-15-11-7-3-1-2-4-8-12-9-5-6-10-13(12)15/h5-6,9-10H,1-4,7-8,11H2. The molecule has 1 aliphatic heterocycles. The summed E-state index contributed by atoms with van der Waals surface area (Å²) in [6.07, 6.45) is 8.43. The van der Waals surface area contributed by atoms with Gasteiger partial charge in [0.05, 0.1) is 0 Å². The molecule has 15 heavy (non-hydrogen) atoms. The van der Waals surface area contributed by atoms with E-state index in [1.165, 1.54) is 43.0 Å². The summed E-state index contributed by atoms with van der Waals surface area (Å²) >= 11 is 3.01. The van der Waals surface area contributed by atoms with Crippen molar-refractivity contribution in [1.82, 2.24) is 0 Å². The first-order valence-corrected chi connectivity index (χ1v) is 13.2. The third kappa shape index (κ3) is 3.45. The van der Waals surface area contributed by atoms with Crippen molar-refractivity contribution in [2.45, 2.75) is 38.5 Å². The number of hydrogen-bond donors (Lipinski definition) is 0. The number of hydrogen-bond acceptors (Lipinski definition) is 0. The van der Waals surface area contributed by atoms with Gasteiger partial charge in [-0.25, -0.2) is 0 Å². The summed E-state index contributed by atoms with van der Waals surface area (Å²) < 4.78 is 3.13. The molecule has 0 nitrogen and oxygen atoms in total. The van der Waals surface area contributed by atoms with E-state index in [9.17, 15) is 0 Å². The van der Waals surface area contributed by atoms with Crippen LogP contribution < -0.4 is 0 Å². The fourth-order valence-electron chi connectivity index (χ4n) is 2.06. The summed E-state index contributed by atoms with van der Waals surface area (Å²) in [5.41, 5.74) is 1.63. The molecule has 84 valence electrons. The zero-order valence-electron chi connectivity index (χ0n) is 9.02. The molecule has 0 saturated carbocycles. The van der Waals surface area contributed by atoms with Crippen molar-refractivity contribution in [1.29, 1.82) is 0 Å². The van der Waals surface area contributed by atoms with Crippen molar-refractivity contribution in [3.63, 3.8) is 0 Å². The Hall–Kier alpha value is 0.430. The van der Waals surface area contributed by atoms with Crippen molar-refractivity contribution in [3.8, 4) is 0 Å². The third-order valence-corrected chi connectivity index (χ3v) is 11.1. The topological polar surface area (TPSA) is 0 Å². The zero-order valence-corrected chi connectivity index (χ0v) is 12.8. The Balaban J connectivity index is 2.19. The van der Waals surface area contributed by atoms with Crippen molar-refractivity contribution in [2.75, 3.05) is 4.43 Å². The second-order valence-corrected chi connectivity index (χ2v) is 12.9. The van der Waals surface area contributed by atoms with E-state index in [4.69, 9.17) is 0 Å². The quantitative estimate of drug-likeness (QED) is 0.429. The van der Waals surface area contributed by atoms with Gasteiger partial charge in [-0.3, -0.25) is 0 Å². The van der Waals surface area contributed by atoms with Gasteiger partial charge in [-0.2, -0.15) is 0 Å². The Kier molecular flexibility index (Phi) is 4.95. The van der Waals surface area contributed by atoms with Gasteiger partial charge in [0.1, 0.15) is 0 Å². The molecule has 0 saturated heterocycles. The third-order valence-electron chi connectivity index (χ3n) is 2.92. The molecule has 1 aromatic rings. The van der Waals surface area contributed by atoms with Crippen LogP contribution in [0.15, 0.2) is 24.3 Å².